The van der Waals surface area contributed by atoms with E-state index in [-0.39, 0.29) is 12.0 Å². The van der Waals surface area contributed by atoms with Gasteiger partial charge >= 0.3 is 6.09 Å². The number of nitrogens with zero attached hydrogens (tertiary/aromatic N) is 2. The molecule has 0 unspecified atom stereocenters. The Morgan fingerprint density at radius 1 is 1.12 bits per heavy atom. The highest BCUT2D eigenvalue weighted by Crippen LogP contribution is 2.39. The van der Waals surface area contributed by atoms with Crippen LogP contribution in [0.15, 0.2) is 54.6 Å². The summed E-state index contributed by atoms with van der Waals surface area (Å²) >= 11 is 0. The van der Waals surface area contributed by atoms with E-state index in [4.69, 9.17) is 4.74 Å². The summed E-state index contributed by atoms with van der Waals surface area (Å²) in [4.78, 5) is 16.2. The molecule has 1 saturated carbocycles. The molecule has 24 heavy (non-hydrogen) atoms. The van der Waals surface area contributed by atoms with Gasteiger partial charge in [-0.2, -0.15) is 0 Å². The number of hydrogen-bond donors (Lipinski definition) is 1. The van der Waals surface area contributed by atoms with Gasteiger partial charge in [0, 0.05) is 5.92 Å². The van der Waals surface area contributed by atoms with Crippen molar-refractivity contribution in [3.8, 4) is 0 Å². The molecule has 5 heteroatoms. The lowest BCUT2D eigenvalue weighted by Gasteiger charge is -2.34. The van der Waals surface area contributed by atoms with Crippen LogP contribution >= 0.6 is 0 Å². The Morgan fingerprint density at radius 2 is 1.83 bits per heavy atom. The lowest BCUT2D eigenvalue weighted by Crippen LogP contribution is -2.32. The zero-order valence-corrected chi connectivity index (χ0v) is 13.1. The lowest BCUT2D eigenvalue weighted by atomic mass is 9.81. The molecule has 3 aromatic rings. The summed E-state index contributed by atoms with van der Waals surface area (Å²) < 4.78 is 7.22. The SMILES string of the molecule is O=C(O)n1c(C2CC(OCc3ccccc3)C2)nc2ccccc21. The zero-order chi connectivity index (χ0) is 16.5. The first-order chi connectivity index (χ1) is 11.7. The monoisotopic (exact) mass is 322 g/mol. The average Bonchev–Trinajstić information content (AvgIpc) is 2.93. The fraction of sp³-hybridized carbons (Fsp3) is 0.263. The van der Waals surface area contributed by atoms with E-state index in [0.717, 1.165) is 23.9 Å². The molecule has 0 spiro atoms. The normalized spacial score (nSPS) is 20.0. The summed E-state index contributed by atoms with van der Waals surface area (Å²) in [6, 6.07) is 17.4. The van der Waals surface area contributed by atoms with Gasteiger partial charge in [0.2, 0.25) is 0 Å². The number of benzene rings is 2. The summed E-state index contributed by atoms with van der Waals surface area (Å²) in [5.74, 6) is 0.762. The third kappa shape index (κ3) is 2.67. The van der Waals surface area contributed by atoms with Crippen LogP contribution in [0.4, 0.5) is 4.79 Å². The maximum atomic E-state index is 11.6. The predicted molar refractivity (Wildman–Crippen MR) is 90.1 cm³/mol. The van der Waals surface area contributed by atoms with Crippen molar-refractivity contribution < 1.29 is 14.6 Å². The molecule has 2 aromatic carbocycles. The topological polar surface area (TPSA) is 64.3 Å². The summed E-state index contributed by atoms with van der Waals surface area (Å²) in [6.07, 6.45) is 0.803. The van der Waals surface area contributed by atoms with Crippen molar-refractivity contribution >= 4 is 17.1 Å². The minimum atomic E-state index is -0.979. The third-order valence-electron chi connectivity index (χ3n) is 4.57. The van der Waals surface area contributed by atoms with Crippen LogP contribution in [0.3, 0.4) is 0 Å². The van der Waals surface area contributed by atoms with E-state index in [0.29, 0.717) is 17.9 Å². The fourth-order valence-electron chi connectivity index (χ4n) is 3.22. The molecule has 4 rings (SSSR count). The molecule has 1 fully saturated rings. The van der Waals surface area contributed by atoms with Crippen molar-refractivity contribution in [2.45, 2.75) is 31.5 Å². The van der Waals surface area contributed by atoms with Crippen LogP contribution in [0, 0.1) is 0 Å². The quantitative estimate of drug-likeness (QED) is 0.788. The summed E-state index contributed by atoms with van der Waals surface area (Å²) in [6.45, 7) is 0.591. The first-order valence-electron chi connectivity index (χ1n) is 8.08. The summed E-state index contributed by atoms with van der Waals surface area (Å²) in [7, 11) is 0. The van der Waals surface area contributed by atoms with Crippen molar-refractivity contribution in [2.24, 2.45) is 0 Å². The second-order valence-corrected chi connectivity index (χ2v) is 6.16. The molecule has 0 saturated heterocycles. The molecule has 0 bridgehead atoms. The van der Waals surface area contributed by atoms with Crippen molar-refractivity contribution in [1.29, 1.82) is 0 Å². The first-order valence-corrected chi connectivity index (χ1v) is 8.08. The maximum Gasteiger partial charge on any atom is 0.417 e. The van der Waals surface area contributed by atoms with Gasteiger partial charge < -0.3 is 9.84 Å². The van der Waals surface area contributed by atoms with E-state index in [2.05, 4.69) is 4.98 Å². The Kier molecular flexibility index (Phi) is 3.78. The Balaban J connectivity index is 1.46. The largest absolute Gasteiger partial charge is 0.464 e. The van der Waals surface area contributed by atoms with Gasteiger partial charge in [0.1, 0.15) is 5.82 Å². The van der Waals surface area contributed by atoms with Gasteiger partial charge in [-0.3, -0.25) is 0 Å². The minimum absolute atomic E-state index is 0.134. The summed E-state index contributed by atoms with van der Waals surface area (Å²) in [5.41, 5.74) is 2.52. The number of imidazole rings is 1. The number of carbonyl (C=O) groups is 1. The summed E-state index contributed by atoms with van der Waals surface area (Å²) in [5, 5.41) is 9.53. The van der Waals surface area contributed by atoms with Gasteiger partial charge in [-0.1, -0.05) is 42.5 Å². The number of fused-ring (bicyclic) bond motifs is 1. The highest BCUT2D eigenvalue weighted by molar-refractivity contribution is 5.86. The van der Waals surface area contributed by atoms with Gasteiger partial charge in [0.25, 0.3) is 0 Å². The number of para-hydroxylation sites is 2. The molecule has 0 atom stereocenters. The second kappa shape index (κ2) is 6.09. The highest BCUT2D eigenvalue weighted by Gasteiger charge is 2.35. The van der Waals surface area contributed by atoms with Gasteiger partial charge in [-0.15, -0.1) is 0 Å². The molecule has 0 amide bonds. The molecule has 122 valence electrons. The third-order valence-corrected chi connectivity index (χ3v) is 4.57. The standard InChI is InChI=1S/C19H18N2O3/c22-19(23)21-17-9-5-4-8-16(17)20-18(21)14-10-15(11-14)24-12-13-6-2-1-3-7-13/h1-9,14-15H,10-12H2,(H,22,23). The van der Waals surface area contributed by atoms with Crippen LogP contribution in [0.1, 0.15) is 30.1 Å². The van der Waals surface area contributed by atoms with Crippen LogP contribution < -0.4 is 0 Å². The molecule has 1 aromatic heterocycles. The molecular formula is C19H18N2O3. The number of aromatic nitrogens is 2. The fourth-order valence-corrected chi connectivity index (χ4v) is 3.22. The van der Waals surface area contributed by atoms with E-state index in [1.807, 2.05) is 48.5 Å². The van der Waals surface area contributed by atoms with Gasteiger partial charge in [0.15, 0.2) is 0 Å². The average molecular weight is 322 g/mol. The van der Waals surface area contributed by atoms with Gasteiger partial charge in [-0.05, 0) is 30.5 Å². The Hall–Kier alpha value is -2.66. The molecule has 5 nitrogen and oxygen atoms in total. The molecule has 1 heterocycles. The van der Waals surface area contributed by atoms with E-state index in [9.17, 15) is 9.90 Å². The molecule has 0 radical (unpaired) electrons. The Bertz CT molecular complexity index is 867. The van der Waals surface area contributed by atoms with E-state index in [1.165, 1.54) is 4.57 Å². The molecule has 1 aliphatic carbocycles. The van der Waals surface area contributed by atoms with E-state index >= 15 is 0 Å². The van der Waals surface area contributed by atoms with Crippen molar-refractivity contribution in [3.05, 3.63) is 66.0 Å². The maximum absolute atomic E-state index is 11.6. The number of rotatable bonds is 4. The minimum Gasteiger partial charge on any atom is -0.464 e. The second-order valence-electron chi connectivity index (χ2n) is 6.16. The zero-order valence-electron chi connectivity index (χ0n) is 13.1. The Labute approximate surface area is 139 Å². The van der Waals surface area contributed by atoms with E-state index in [1.54, 1.807) is 6.07 Å². The number of carboxylic acid groups (broad SMARTS) is 1. The molecular weight excluding hydrogens is 304 g/mol. The lowest BCUT2D eigenvalue weighted by molar-refractivity contribution is -0.0226. The van der Waals surface area contributed by atoms with Crippen molar-refractivity contribution in [1.82, 2.24) is 9.55 Å². The molecule has 1 aliphatic rings. The predicted octanol–water partition coefficient (Wildman–Crippen LogP) is 4.03. The first kappa shape index (κ1) is 14.9. The van der Waals surface area contributed by atoms with Gasteiger partial charge in [0.05, 0.1) is 23.7 Å². The number of ether oxygens (including phenoxy) is 1. The van der Waals surface area contributed by atoms with E-state index < -0.39 is 6.09 Å². The van der Waals surface area contributed by atoms with Crippen LogP contribution in [0.25, 0.3) is 11.0 Å². The van der Waals surface area contributed by atoms with Crippen LogP contribution in [-0.2, 0) is 11.3 Å². The smallest absolute Gasteiger partial charge is 0.417 e. The Morgan fingerprint density at radius 3 is 2.58 bits per heavy atom. The number of hydrogen-bond acceptors (Lipinski definition) is 3. The molecule has 0 aliphatic heterocycles. The van der Waals surface area contributed by atoms with Crippen LogP contribution in [0.5, 0.6) is 0 Å². The van der Waals surface area contributed by atoms with Crippen molar-refractivity contribution in [2.75, 3.05) is 0 Å². The van der Waals surface area contributed by atoms with Crippen LogP contribution in [-0.4, -0.2) is 26.9 Å². The van der Waals surface area contributed by atoms with Gasteiger partial charge in [-0.25, -0.2) is 14.3 Å². The van der Waals surface area contributed by atoms with Crippen molar-refractivity contribution in [3.63, 3.8) is 0 Å². The van der Waals surface area contributed by atoms with Crippen LogP contribution in [0.2, 0.25) is 0 Å². The molecule has 1 N–H and O–H groups in total. The highest BCUT2D eigenvalue weighted by atomic mass is 16.5.